The second kappa shape index (κ2) is 15.2. The molecule has 2 aliphatic heterocycles. The molecule has 5 heterocycles. The van der Waals surface area contributed by atoms with Gasteiger partial charge in [-0.2, -0.15) is 5.10 Å². The summed E-state index contributed by atoms with van der Waals surface area (Å²) in [4.78, 5) is 32.5. The van der Waals surface area contributed by atoms with Gasteiger partial charge in [0, 0.05) is 78.9 Å². The van der Waals surface area contributed by atoms with Crippen molar-refractivity contribution in [3.63, 3.8) is 0 Å². The van der Waals surface area contributed by atoms with E-state index in [4.69, 9.17) is 37.8 Å². The van der Waals surface area contributed by atoms with Gasteiger partial charge in [-0.05, 0) is 100 Å². The van der Waals surface area contributed by atoms with Crippen molar-refractivity contribution in [3.05, 3.63) is 97.4 Å². The minimum absolute atomic E-state index is 0.121. The van der Waals surface area contributed by atoms with Crippen molar-refractivity contribution in [2.45, 2.75) is 60.0 Å². The first-order chi connectivity index (χ1) is 27.3. The summed E-state index contributed by atoms with van der Waals surface area (Å²) in [7, 11) is 3.76. The van der Waals surface area contributed by atoms with Crippen LogP contribution in [0.5, 0.6) is 5.75 Å². The maximum Gasteiger partial charge on any atom is 0.340 e. The van der Waals surface area contributed by atoms with E-state index in [1.54, 1.807) is 4.90 Å². The molecule has 1 N–H and O–H groups in total. The van der Waals surface area contributed by atoms with Gasteiger partial charge in [0.15, 0.2) is 0 Å². The van der Waals surface area contributed by atoms with E-state index < -0.39 is 5.97 Å². The normalized spacial score (nSPS) is 16.3. The average molecular weight is 812 g/mol. The van der Waals surface area contributed by atoms with Gasteiger partial charge in [0.05, 0.1) is 41.6 Å². The maximum atomic E-state index is 15.3. The van der Waals surface area contributed by atoms with Crippen LogP contribution in [0.3, 0.4) is 0 Å². The molecule has 1 atom stereocenters. The minimum Gasteiger partial charge on any atom is -0.494 e. The first kappa shape index (κ1) is 39.0. The summed E-state index contributed by atoms with van der Waals surface area (Å²) in [6.45, 7) is 14.4. The van der Waals surface area contributed by atoms with Crippen LogP contribution in [0.1, 0.15) is 73.9 Å². The van der Waals surface area contributed by atoms with Crippen molar-refractivity contribution in [1.29, 1.82) is 0 Å². The zero-order chi connectivity index (χ0) is 40.4. The molecule has 0 radical (unpaired) electrons. The molecule has 3 aromatic heterocycles. The highest BCUT2D eigenvalue weighted by Crippen LogP contribution is 2.46. The largest absolute Gasteiger partial charge is 0.494 e. The topological polar surface area (TPSA) is 107 Å². The number of aromatic carboxylic acids is 1. The lowest BCUT2D eigenvalue weighted by Crippen LogP contribution is -2.44. The Hall–Kier alpha value is -4.81. The Morgan fingerprint density at radius 2 is 1.70 bits per heavy atom. The minimum atomic E-state index is -1.08. The number of morpholine rings is 1. The number of amides is 1. The van der Waals surface area contributed by atoms with Gasteiger partial charge in [0.25, 0.3) is 5.91 Å². The van der Waals surface area contributed by atoms with Crippen molar-refractivity contribution < 1.29 is 24.2 Å². The van der Waals surface area contributed by atoms with Crippen LogP contribution in [-0.2, 0) is 31.8 Å². The van der Waals surface area contributed by atoms with Gasteiger partial charge >= 0.3 is 5.97 Å². The number of hydrogen-bond donors (Lipinski definition) is 1. The highest BCUT2D eigenvalue weighted by molar-refractivity contribution is 6.35. The Morgan fingerprint density at radius 3 is 2.37 bits per heavy atom. The number of anilines is 1. The monoisotopic (exact) mass is 810 g/mol. The molecule has 0 bridgehead atoms. The molecule has 57 heavy (non-hydrogen) atoms. The molecule has 2 aliphatic rings. The van der Waals surface area contributed by atoms with Gasteiger partial charge < -0.3 is 23.7 Å². The lowest BCUT2D eigenvalue weighted by molar-refractivity contribution is 0.0342. The number of nitrogens with zero attached hydrogens (tertiary/aromatic N) is 6. The second-order valence-corrected chi connectivity index (χ2v) is 16.4. The molecular formula is C44H48Cl2N6O5. The van der Waals surface area contributed by atoms with Crippen LogP contribution in [0.2, 0.25) is 10.0 Å². The van der Waals surface area contributed by atoms with E-state index in [9.17, 15) is 9.90 Å². The second-order valence-electron chi connectivity index (χ2n) is 15.6. The molecule has 11 nitrogen and oxygen atoms in total. The number of carbonyl (C=O) groups is 2. The van der Waals surface area contributed by atoms with Crippen LogP contribution in [0.15, 0.2) is 42.5 Å². The van der Waals surface area contributed by atoms with Crippen molar-refractivity contribution in [2.24, 2.45) is 14.1 Å². The highest BCUT2D eigenvalue weighted by Gasteiger charge is 2.40. The van der Waals surface area contributed by atoms with Gasteiger partial charge in [0.1, 0.15) is 22.8 Å². The van der Waals surface area contributed by atoms with Crippen LogP contribution in [0.25, 0.3) is 32.9 Å². The Labute approximate surface area is 342 Å². The number of ether oxygens (including phenoxy) is 2. The summed E-state index contributed by atoms with van der Waals surface area (Å²) < 4.78 is 17.6. The Morgan fingerprint density at radius 1 is 0.982 bits per heavy atom. The summed E-state index contributed by atoms with van der Waals surface area (Å²) in [6, 6.07) is 13.5. The molecule has 1 saturated heterocycles. The molecule has 6 aromatic rings. The summed E-state index contributed by atoms with van der Waals surface area (Å²) in [5.74, 6) is -0.217. The smallest absolute Gasteiger partial charge is 0.340 e. The van der Waals surface area contributed by atoms with Gasteiger partial charge in [-0.3, -0.25) is 19.3 Å². The number of aromatic nitrogens is 4. The number of benzene rings is 3. The predicted molar refractivity (Wildman–Crippen MR) is 226 cm³/mol. The van der Waals surface area contributed by atoms with Gasteiger partial charge in [-0.1, -0.05) is 35.3 Å². The van der Waals surface area contributed by atoms with Crippen LogP contribution < -0.4 is 9.64 Å². The molecule has 0 saturated carbocycles. The summed E-state index contributed by atoms with van der Waals surface area (Å²) in [5, 5.41) is 18.4. The number of aryl methyl sites for hydroxylation is 6. The van der Waals surface area contributed by atoms with Crippen molar-refractivity contribution in [3.8, 4) is 16.9 Å². The van der Waals surface area contributed by atoms with E-state index in [2.05, 4.69) is 16.4 Å². The number of rotatable bonds is 10. The third kappa shape index (κ3) is 6.68. The number of halogens is 2. The SMILES string of the molecule is Cc1cc(OCCCc2c3n(c4c(-c5c(C)nn(C)c5C)c(Cl)ccc24)[C@H](C)CN(c2c(C(=O)O)c4cc(CN5CCOCC5)ccc4n2C)C3=O)cc(C)c1Cl. The van der Waals surface area contributed by atoms with E-state index in [1.807, 2.05) is 93.5 Å². The van der Waals surface area contributed by atoms with Crippen LogP contribution in [-0.4, -0.2) is 80.3 Å². The highest BCUT2D eigenvalue weighted by atomic mass is 35.5. The van der Waals surface area contributed by atoms with E-state index in [0.29, 0.717) is 61.1 Å². The fourth-order valence-electron chi connectivity index (χ4n) is 9.03. The van der Waals surface area contributed by atoms with E-state index >= 15 is 4.79 Å². The molecule has 0 unspecified atom stereocenters. The first-order valence-electron chi connectivity index (χ1n) is 19.5. The standard InChI is InChI=1S/C44H48Cl2N6O5/c1-24-19-30(20-25(2)39(24)46)57-16-8-9-31-32-11-12-34(45)38(36-27(4)47-49(7)28(36)5)40(32)52-26(3)22-51(43(53)41(31)52)42-37(44(54)55)33-21-29(10-13-35(33)48(42)6)23-50-14-17-56-18-15-50/h10-13,19-21,26H,8-9,14-18,22-23H2,1-7H3,(H,54,55)/t26-/m1/s1. The Balaban J connectivity index is 1.25. The van der Waals surface area contributed by atoms with E-state index in [1.165, 1.54) is 0 Å². The zero-order valence-electron chi connectivity index (χ0n) is 33.5. The fraction of sp³-hybridized carbons (Fsp3) is 0.386. The molecule has 1 amide bonds. The molecule has 0 spiro atoms. The van der Waals surface area contributed by atoms with Crippen molar-refractivity contribution in [2.75, 3.05) is 44.4 Å². The van der Waals surface area contributed by atoms with E-state index in [-0.39, 0.29) is 24.1 Å². The zero-order valence-corrected chi connectivity index (χ0v) is 35.0. The molecule has 1 fully saturated rings. The summed E-state index contributed by atoms with van der Waals surface area (Å²) >= 11 is 13.6. The number of hydrogen-bond acceptors (Lipinski definition) is 6. The number of fused-ring (bicyclic) bond motifs is 4. The fourth-order valence-corrected chi connectivity index (χ4v) is 9.39. The molecule has 13 heteroatoms. The van der Waals surface area contributed by atoms with Gasteiger partial charge in [0.2, 0.25) is 0 Å². The number of carboxylic acid groups (broad SMARTS) is 1. The van der Waals surface area contributed by atoms with Crippen molar-refractivity contribution >= 4 is 62.7 Å². The van der Waals surface area contributed by atoms with Crippen LogP contribution >= 0.6 is 23.2 Å². The Bertz CT molecular complexity index is 2570. The lowest BCUT2D eigenvalue weighted by Gasteiger charge is -2.34. The molecule has 298 valence electrons. The van der Waals surface area contributed by atoms with Gasteiger partial charge in [-0.15, -0.1) is 0 Å². The van der Waals surface area contributed by atoms with E-state index in [0.717, 1.165) is 85.0 Å². The predicted octanol–water partition coefficient (Wildman–Crippen LogP) is 8.84. The lowest BCUT2D eigenvalue weighted by atomic mass is 9.98. The molecule has 0 aliphatic carbocycles. The molecular weight excluding hydrogens is 763 g/mol. The van der Waals surface area contributed by atoms with Gasteiger partial charge in [-0.25, -0.2) is 4.79 Å². The maximum absolute atomic E-state index is 15.3. The number of carboxylic acids is 1. The summed E-state index contributed by atoms with van der Waals surface area (Å²) in [5.41, 5.74) is 9.65. The first-order valence-corrected chi connectivity index (χ1v) is 20.2. The van der Waals surface area contributed by atoms with Crippen LogP contribution in [0.4, 0.5) is 5.82 Å². The molecule has 3 aromatic carbocycles. The third-order valence-corrected chi connectivity index (χ3v) is 12.7. The van der Waals surface area contributed by atoms with Crippen molar-refractivity contribution in [1.82, 2.24) is 23.8 Å². The Kier molecular flexibility index (Phi) is 10.4. The quantitative estimate of drug-likeness (QED) is 0.138. The number of carbonyl (C=O) groups excluding carboxylic acids is 1. The average Bonchev–Trinajstić information content (AvgIpc) is 3.76. The van der Waals surface area contributed by atoms with Crippen LogP contribution in [0, 0.1) is 27.7 Å². The molecule has 8 rings (SSSR count). The third-order valence-electron chi connectivity index (χ3n) is 11.8. The summed E-state index contributed by atoms with van der Waals surface area (Å²) in [6.07, 6.45) is 1.16.